The van der Waals surface area contributed by atoms with Gasteiger partial charge in [-0.3, -0.25) is 4.79 Å². The Hall–Kier alpha value is -1.43. The smallest absolute Gasteiger partial charge is 0.341 e. The van der Waals surface area contributed by atoms with Gasteiger partial charge in [0.2, 0.25) is 0 Å². The van der Waals surface area contributed by atoms with Crippen LogP contribution >= 0.6 is 15.9 Å². The van der Waals surface area contributed by atoms with E-state index < -0.39 is 18.4 Å². The fourth-order valence-corrected chi connectivity index (χ4v) is 2.44. The molecule has 0 fully saturated rings. The molecule has 0 saturated carbocycles. The number of benzene rings is 1. The van der Waals surface area contributed by atoms with Crippen molar-refractivity contribution in [3.63, 3.8) is 0 Å². The van der Waals surface area contributed by atoms with Crippen molar-refractivity contribution >= 4 is 27.8 Å². The molecule has 0 N–H and O–H groups in total. The predicted octanol–water partition coefficient (Wildman–Crippen LogP) is 3.39. The van der Waals surface area contributed by atoms with Crippen molar-refractivity contribution in [1.29, 1.82) is 0 Å². The molecule has 1 amide bonds. The van der Waals surface area contributed by atoms with Crippen LogP contribution < -0.4 is 0 Å². The van der Waals surface area contributed by atoms with E-state index in [2.05, 4.69) is 15.9 Å². The third-order valence-electron chi connectivity index (χ3n) is 2.88. The van der Waals surface area contributed by atoms with Crippen LogP contribution in [0.25, 0.3) is 0 Å². The summed E-state index contributed by atoms with van der Waals surface area (Å²) >= 11 is 3.11. The van der Waals surface area contributed by atoms with Crippen LogP contribution in [0.4, 0.5) is 4.39 Å². The lowest BCUT2D eigenvalue weighted by Gasteiger charge is -2.30. The average Bonchev–Trinajstić information content (AvgIpc) is 2.35. The highest BCUT2D eigenvalue weighted by Crippen LogP contribution is 2.16. The molecule has 21 heavy (non-hydrogen) atoms. The van der Waals surface area contributed by atoms with Crippen LogP contribution in [0, 0.1) is 5.82 Å². The molecular formula is C15H19BrFNO3. The molecule has 1 aromatic rings. The van der Waals surface area contributed by atoms with Crippen molar-refractivity contribution in [3.8, 4) is 0 Å². The molecule has 0 atom stereocenters. The van der Waals surface area contributed by atoms with Crippen molar-refractivity contribution in [2.75, 3.05) is 6.61 Å². The van der Waals surface area contributed by atoms with Crippen LogP contribution in [-0.4, -0.2) is 35.5 Å². The lowest BCUT2D eigenvalue weighted by atomic mass is 10.2. The molecule has 0 saturated heterocycles. The van der Waals surface area contributed by atoms with Crippen molar-refractivity contribution in [1.82, 2.24) is 4.90 Å². The molecule has 4 nitrogen and oxygen atoms in total. The minimum atomic E-state index is -0.846. The van der Waals surface area contributed by atoms with E-state index in [1.54, 1.807) is 4.90 Å². The van der Waals surface area contributed by atoms with Gasteiger partial charge < -0.3 is 9.64 Å². The van der Waals surface area contributed by atoms with Crippen LogP contribution in [-0.2, 0) is 9.53 Å². The van der Waals surface area contributed by atoms with E-state index in [1.165, 1.54) is 18.2 Å². The fraction of sp³-hybridized carbons (Fsp3) is 0.467. The van der Waals surface area contributed by atoms with E-state index in [-0.39, 0.29) is 23.6 Å². The van der Waals surface area contributed by atoms with Gasteiger partial charge in [0.25, 0.3) is 5.91 Å². The second kappa shape index (κ2) is 7.54. The SMILES string of the molecule is CC(C)N(C(=O)COC(=O)c1ccc(Br)cc1F)C(C)C. The number of nitrogens with zero attached hydrogens (tertiary/aromatic N) is 1. The van der Waals surface area contributed by atoms with Crippen molar-refractivity contribution in [2.45, 2.75) is 39.8 Å². The summed E-state index contributed by atoms with van der Waals surface area (Å²) in [5.41, 5.74) is -0.188. The van der Waals surface area contributed by atoms with Crippen molar-refractivity contribution in [2.24, 2.45) is 0 Å². The molecule has 0 aromatic heterocycles. The third kappa shape index (κ3) is 4.81. The third-order valence-corrected chi connectivity index (χ3v) is 3.37. The van der Waals surface area contributed by atoms with Gasteiger partial charge in [-0.1, -0.05) is 15.9 Å². The molecule has 0 aliphatic rings. The Labute approximate surface area is 132 Å². The Bertz CT molecular complexity index is 524. The summed E-state index contributed by atoms with van der Waals surface area (Å²) < 4.78 is 19.0. The Kier molecular flexibility index (Phi) is 6.33. The first-order valence-corrected chi connectivity index (χ1v) is 7.46. The highest BCUT2D eigenvalue weighted by molar-refractivity contribution is 9.10. The van der Waals surface area contributed by atoms with E-state index in [4.69, 9.17) is 4.74 Å². The summed E-state index contributed by atoms with van der Waals surface area (Å²) in [6, 6.07) is 4.03. The van der Waals surface area contributed by atoms with Crippen molar-refractivity contribution in [3.05, 3.63) is 34.1 Å². The zero-order chi connectivity index (χ0) is 16.2. The largest absolute Gasteiger partial charge is 0.452 e. The maximum Gasteiger partial charge on any atom is 0.341 e. The summed E-state index contributed by atoms with van der Waals surface area (Å²) in [6.07, 6.45) is 0. The number of carbonyl (C=O) groups is 2. The lowest BCUT2D eigenvalue weighted by molar-refractivity contribution is -0.138. The Morgan fingerprint density at radius 3 is 2.29 bits per heavy atom. The standard InChI is InChI=1S/C15H19BrFNO3/c1-9(2)18(10(3)4)14(19)8-21-15(20)12-6-5-11(16)7-13(12)17/h5-7,9-10H,8H2,1-4H3. The fourth-order valence-electron chi connectivity index (χ4n) is 2.11. The first-order valence-electron chi connectivity index (χ1n) is 6.67. The Balaban J connectivity index is 2.70. The van der Waals surface area contributed by atoms with Gasteiger partial charge >= 0.3 is 5.97 Å². The number of ether oxygens (including phenoxy) is 1. The molecule has 0 bridgehead atoms. The minimum absolute atomic E-state index is 0.000573. The van der Waals surface area contributed by atoms with Gasteiger partial charge in [0.1, 0.15) is 5.82 Å². The summed E-state index contributed by atoms with van der Waals surface area (Å²) in [6.45, 7) is 7.13. The predicted molar refractivity (Wildman–Crippen MR) is 81.5 cm³/mol. The average molecular weight is 360 g/mol. The lowest BCUT2D eigenvalue weighted by Crippen LogP contribution is -2.44. The van der Waals surface area contributed by atoms with Crippen LogP contribution in [0.3, 0.4) is 0 Å². The molecule has 0 unspecified atom stereocenters. The van der Waals surface area contributed by atoms with Gasteiger partial charge in [-0.2, -0.15) is 0 Å². The van der Waals surface area contributed by atoms with Gasteiger partial charge in [0, 0.05) is 16.6 Å². The molecule has 116 valence electrons. The molecule has 1 aromatic carbocycles. The van der Waals surface area contributed by atoms with E-state index >= 15 is 0 Å². The van der Waals surface area contributed by atoms with E-state index in [1.807, 2.05) is 27.7 Å². The monoisotopic (exact) mass is 359 g/mol. The maximum absolute atomic E-state index is 13.6. The van der Waals surface area contributed by atoms with Gasteiger partial charge in [-0.15, -0.1) is 0 Å². The summed E-state index contributed by atoms with van der Waals surface area (Å²) in [5.74, 6) is -1.84. The van der Waals surface area contributed by atoms with Crippen LogP contribution in [0.2, 0.25) is 0 Å². The maximum atomic E-state index is 13.6. The number of amides is 1. The van der Waals surface area contributed by atoms with Gasteiger partial charge in [-0.25, -0.2) is 9.18 Å². The minimum Gasteiger partial charge on any atom is -0.452 e. The summed E-state index contributed by atoms with van der Waals surface area (Å²) in [7, 11) is 0. The van der Waals surface area contributed by atoms with E-state index in [9.17, 15) is 14.0 Å². The van der Waals surface area contributed by atoms with E-state index in [0.29, 0.717) is 4.47 Å². The van der Waals surface area contributed by atoms with Gasteiger partial charge in [0.15, 0.2) is 6.61 Å². The summed E-state index contributed by atoms with van der Waals surface area (Å²) in [4.78, 5) is 25.5. The van der Waals surface area contributed by atoms with Crippen LogP contribution in [0.1, 0.15) is 38.1 Å². The zero-order valence-corrected chi connectivity index (χ0v) is 14.1. The zero-order valence-electron chi connectivity index (χ0n) is 12.5. The quantitative estimate of drug-likeness (QED) is 0.757. The first-order chi connectivity index (χ1) is 9.73. The number of hydrogen-bond acceptors (Lipinski definition) is 3. The second-order valence-electron chi connectivity index (χ2n) is 5.19. The van der Waals surface area contributed by atoms with Crippen molar-refractivity contribution < 1.29 is 18.7 Å². The molecule has 0 heterocycles. The Morgan fingerprint density at radius 1 is 1.24 bits per heavy atom. The number of esters is 1. The van der Waals surface area contributed by atoms with Gasteiger partial charge in [-0.05, 0) is 45.9 Å². The topological polar surface area (TPSA) is 46.6 Å². The number of hydrogen-bond donors (Lipinski definition) is 0. The number of rotatable bonds is 5. The highest BCUT2D eigenvalue weighted by Gasteiger charge is 2.22. The van der Waals surface area contributed by atoms with Crippen LogP contribution in [0.15, 0.2) is 22.7 Å². The summed E-state index contributed by atoms with van der Waals surface area (Å²) in [5, 5.41) is 0. The molecule has 1 rings (SSSR count). The highest BCUT2D eigenvalue weighted by atomic mass is 79.9. The second-order valence-corrected chi connectivity index (χ2v) is 6.10. The molecule has 0 aliphatic heterocycles. The molecular weight excluding hydrogens is 341 g/mol. The van der Waals surface area contributed by atoms with E-state index in [0.717, 1.165) is 0 Å². The molecule has 0 aliphatic carbocycles. The first kappa shape index (κ1) is 17.6. The molecule has 6 heteroatoms. The normalized spacial score (nSPS) is 10.9. The number of carbonyl (C=O) groups excluding carboxylic acids is 2. The van der Waals surface area contributed by atoms with Crippen LogP contribution in [0.5, 0.6) is 0 Å². The number of halogens is 2. The van der Waals surface area contributed by atoms with Gasteiger partial charge in [0.05, 0.1) is 5.56 Å². The molecule has 0 radical (unpaired) electrons. The molecule has 0 spiro atoms. The Morgan fingerprint density at radius 2 is 1.81 bits per heavy atom.